The lowest BCUT2D eigenvalue weighted by Gasteiger charge is -2.35. The van der Waals surface area contributed by atoms with Crippen molar-refractivity contribution < 1.29 is 0 Å². The molecule has 1 atom stereocenters. The van der Waals surface area contributed by atoms with Crippen LogP contribution in [0.4, 0.5) is 0 Å². The Bertz CT molecular complexity index is 417. The van der Waals surface area contributed by atoms with Crippen molar-refractivity contribution in [3.05, 3.63) is 12.4 Å². The minimum absolute atomic E-state index is 0.608. The number of rotatable bonds is 23. The van der Waals surface area contributed by atoms with Gasteiger partial charge in [0.05, 0.1) is 0 Å². The van der Waals surface area contributed by atoms with Crippen LogP contribution in [-0.4, -0.2) is 28.6 Å². The fourth-order valence-electron chi connectivity index (χ4n) is 5.18. The first-order valence-corrected chi connectivity index (χ1v) is 14.9. The van der Waals surface area contributed by atoms with Crippen LogP contribution in [0, 0.1) is 0 Å². The van der Waals surface area contributed by atoms with Gasteiger partial charge in [0, 0.05) is 25.0 Å². The minimum Gasteiger partial charge on any atom is -0.356 e. The van der Waals surface area contributed by atoms with Crippen molar-refractivity contribution >= 4 is 0 Å². The summed E-state index contributed by atoms with van der Waals surface area (Å²) in [5.74, 6) is 0. The van der Waals surface area contributed by atoms with E-state index in [1.807, 2.05) is 0 Å². The molecule has 0 N–H and O–H groups in total. The quantitative estimate of drug-likeness (QED) is 0.143. The van der Waals surface area contributed by atoms with E-state index in [1.165, 1.54) is 141 Å². The van der Waals surface area contributed by atoms with Gasteiger partial charge >= 0.3 is 0 Å². The van der Waals surface area contributed by atoms with Crippen LogP contribution in [0.1, 0.15) is 163 Å². The number of hydrogen-bond donors (Lipinski definition) is 0. The molecular weight excluding hydrogens is 388 g/mol. The van der Waals surface area contributed by atoms with E-state index in [-0.39, 0.29) is 0 Å². The summed E-state index contributed by atoms with van der Waals surface area (Å²) >= 11 is 0. The van der Waals surface area contributed by atoms with Gasteiger partial charge in [0.15, 0.2) is 0 Å². The number of nitrogens with zero attached hydrogens (tertiary/aromatic N) is 2. The van der Waals surface area contributed by atoms with Crippen LogP contribution < -0.4 is 0 Å². The molecule has 0 aromatic rings. The second kappa shape index (κ2) is 20.9. The van der Waals surface area contributed by atoms with E-state index in [2.05, 4.69) is 49.9 Å². The van der Waals surface area contributed by atoms with E-state index in [0.29, 0.717) is 12.2 Å². The summed E-state index contributed by atoms with van der Waals surface area (Å²) < 4.78 is 0. The zero-order valence-corrected chi connectivity index (χ0v) is 22.8. The average molecular weight is 449 g/mol. The molecule has 1 heterocycles. The molecule has 0 aliphatic carbocycles. The predicted molar refractivity (Wildman–Crippen MR) is 145 cm³/mol. The highest BCUT2D eigenvalue weighted by atomic mass is 15.4. The van der Waals surface area contributed by atoms with Gasteiger partial charge in [-0.1, -0.05) is 129 Å². The van der Waals surface area contributed by atoms with Crippen LogP contribution in [0.2, 0.25) is 0 Å². The first kappa shape index (κ1) is 29.4. The fraction of sp³-hybridized carbons (Fsp3) is 0.933. The molecule has 0 radical (unpaired) electrons. The summed E-state index contributed by atoms with van der Waals surface area (Å²) in [4.78, 5) is 5.25. The van der Waals surface area contributed by atoms with Crippen LogP contribution >= 0.6 is 0 Å². The molecule has 0 saturated heterocycles. The molecule has 190 valence electrons. The Hall–Kier alpha value is -0.660. The lowest BCUT2D eigenvalue weighted by Crippen LogP contribution is -2.42. The summed E-state index contributed by atoms with van der Waals surface area (Å²) in [5, 5.41) is 0. The monoisotopic (exact) mass is 448 g/mol. The normalized spacial score (nSPS) is 16.1. The fourth-order valence-corrected chi connectivity index (χ4v) is 5.18. The van der Waals surface area contributed by atoms with Gasteiger partial charge in [-0.15, -0.1) is 0 Å². The summed E-state index contributed by atoms with van der Waals surface area (Å²) in [5.41, 5.74) is 0. The number of hydrogen-bond acceptors (Lipinski definition) is 2. The standard InChI is InChI=1S/C30H60N2/c1-5-7-9-11-13-15-17-19-21-23-25-30-31(27-28-32(30)29(3)4)26-24-22-20-18-16-14-12-10-8-6-2/h27-30H,5-26H2,1-4H3. The van der Waals surface area contributed by atoms with E-state index >= 15 is 0 Å². The zero-order valence-electron chi connectivity index (χ0n) is 22.8. The van der Waals surface area contributed by atoms with Crippen molar-refractivity contribution in [1.29, 1.82) is 0 Å². The smallest absolute Gasteiger partial charge is 0.101 e. The Morgan fingerprint density at radius 1 is 0.531 bits per heavy atom. The first-order chi connectivity index (χ1) is 15.7. The Kier molecular flexibility index (Phi) is 19.2. The third kappa shape index (κ3) is 14.5. The molecule has 1 rings (SSSR count). The van der Waals surface area contributed by atoms with E-state index in [1.54, 1.807) is 0 Å². The molecule has 0 bridgehead atoms. The SMILES string of the molecule is CCCCCCCCCCCCC1N(CCCCCCCCCCCC)C=CN1C(C)C. The number of unbranched alkanes of at least 4 members (excludes halogenated alkanes) is 18. The molecule has 1 aliphatic heterocycles. The van der Waals surface area contributed by atoms with E-state index < -0.39 is 0 Å². The lowest BCUT2D eigenvalue weighted by atomic mass is 10.0. The van der Waals surface area contributed by atoms with Gasteiger partial charge in [-0.2, -0.15) is 0 Å². The predicted octanol–water partition coefficient (Wildman–Crippen LogP) is 10.0. The Labute approximate surface area is 203 Å². The molecule has 0 saturated carbocycles. The van der Waals surface area contributed by atoms with Gasteiger partial charge < -0.3 is 9.80 Å². The summed E-state index contributed by atoms with van der Waals surface area (Å²) in [6.07, 6.45) is 35.3. The molecule has 0 spiro atoms. The van der Waals surface area contributed by atoms with Gasteiger partial charge in [-0.3, -0.25) is 0 Å². The molecule has 32 heavy (non-hydrogen) atoms. The largest absolute Gasteiger partial charge is 0.356 e. The van der Waals surface area contributed by atoms with Crippen LogP contribution in [0.15, 0.2) is 12.4 Å². The van der Waals surface area contributed by atoms with Crippen molar-refractivity contribution in [3.63, 3.8) is 0 Å². The zero-order chi connectivity index (χ0) is 23.3. The second-order valence-electron chi connectivity index (χ2n) is 10.7. The van der Waals surface area contributed by atoms with Gasteiger partial charge in [0.1, 0.15) is 6.17 Å². The Morgan fingerprint density at radius 3 is 1.38 bits per heavy atom. The molecule has 0 fully saturated rings. The molecule has 0 amide bonds. The van der Waals surface area contributed by atoms with Gasteiger partial charge in [0.25, 0.3) is 0 Å². The van der Waals surface area contributed by atoms with Crippen molar-refractivity contribution in [2.45, 2.75) is 175 Å². The highest BCUT2D eigenvalue weighted by Gasteiger charge is 2.26. The van der Waals surface area contributed by atoms with Crippen LogP contribution in [0.3, 0.4) is 0 Å². The third-order valence-electron chi connectivity index (χ3n) is 7.34. The minimum atomic E-state index is 0.608. The third-order valence-corrected chi connectivity index (χ3v) is 7.34. The molecule has 1 aliphatic rings. The average Bonchev–Trinajstić information content (AvgIpc) is 3.19. The second-order valence-corrected chi connectivity index (χ2v) is 10.7. The maximum Gasteiger partial charge on any atom is 0.101 e. The van der Waals surface area contributed by atoms with Gasteiger partial charge in [0.2, 0.25) is 0 Å². The van der Waals surface area contributed by atoms with Crippen molar-refractivity contribution in [2.75, 3.05) is 6.54 Å². The highest BCUT2D eigenvalue weighted by Crippen LogP contribution is 2.25. The molecule has 1 unspecified atom stereocenters. The van der Waals surface area contributed by atoms with Crippen LogP contribution in [-0.2, 0) is 0 Å². The van der Waals surface area contributed by atoms with Crippen molar-refractivity contribution in [2.24, 2.45) is 0 Å². The van der Waals surface area contributed by atoms with Crippen LogP contribution in [0.5, 0.6) is 0 Å². The topological polar surface area (TPSA) is 6.48 Å². The van der Waals surface area contributed by atoms with Gasteiger partial charge in [-0.05, 0) is 33.1 Å². The van der Waals surface area contributed by atoms with Crippen LogP contribution in [0.25, 0.3) is 0 Å². The van der Waals surface area contributed by atoms with E-state index in [4.69, 9.17) is 0 Å². The Balaban J connectivity index is 2.10. The molecule has 0 aromatic carbocycles. The molecule has 2 nitrogen and oxygen atoms in total. The molecule has 0 aromatic heterocycles. The van der Waals surface area contributed by atoms with E-state index in [9.17, 15) is 0 Å². The summed E-state index contributed by atoms with van der Waals surface area (Å²) in [6.45, 7) is 10.6. The van der Waals surface area contributed by atoms with Crippen molar-refractivity contribution in [1.82, 2.24) is 9.80 Å². The van der Waals surface area contributed by atoms with Crippen molar-refractivity contribution in [3.8, 4) is 0 Å². The summed E-state index contributed by atoms with van der Waals surface area (Å²) in [7, 11) is 0. The summed E-state index contributed by atoms with van der Waals surface area (Å²) in [6, 6.07) is 0.608. The maximum absolute atomic E-state index is 2.65. The van der Waals surface area contributed by atoms with Gasteiger partial charge in [-0.25, -0.2) is 0 Å². The molecular formula is C30H60N2. The molecule has 2 heteroatoms. The highest BCUT2D eigenvalue weighted by molar-refractivity contribution is 4.98. The maximum atomic E-state index is 2.65. The Morgan fingerprint density at radius 2 is 0.938 bits per heavy atom. The first-order valence-electron chi connectivity index (χ1n) is 14.9. The van der Waals surface area contributed by atoms with E-state index in [0.717, 1.165) is 0 Å². The lowest BCUT2D eigenvalue weighted by molar-refractivity contribution is 0.114.